The van der Waals surface area contributed by atoms with E-state index < -0.39 is 10.0 Å². The van der Waals surface area contributed by atoms with Crippen LogP contribution in [0.15, 0.2) is 11.0 Å². The van der Waals surface area contributed by atoms with Gasteiger partial charge in [-0.1, -0.05) is 6.42 Å². The van der Waals surface area contributed by atoms with Crippen molar-refractivity contribution in [2.75, 3.05) is 12.0 Å². The van der Waals surface area contributed by atoms with Crippen LogP contribution < -0.4 is 10.5 Å². The van der Waals surface area contributed by atoms with Crippen molar-refractivity contribution in [2.24, 2.45) is 0 Å². The largest absolute Gasteiger partial charge is 0.398 e. The van der Waals surface area contributed by atoms with Crippen LogP contribution >= 0.6 is 11.8 Å². The van der Waals surface area contributed by atoms with Crippen molar-refractivity contribution < 1.29 is 8.42 Å². The monoisotopic (exact) mass is 328 g/mol. The molecule has 6 heteroatoms. The Bertz CT molecular complexity index is 615. The first-order valence-electron chi connectivity index (χ1n) is 7.19. The predicted molar refractivity (Wildman–Crippen MR) is 90.3 cm³/mol. The lowest BCUT2D eigenvalue weighted by Gasteiger charge is -2.22. The molecule has 0 radical (unpaired) electrons. The van der Waals surface area contributed by atoms with E-state index in [2.05, 4.69) is 4.72 Å². The Labute approximate surface area is 131 Å². The Morgan fingerprint density at radius 2 is 1.90 bits per heavy atom. The number of thioether (sulfide) groups is 1. The Balaban J connectivity index is 2.41. The fourth-order valence-corrected chi connectivity index (χ4v) is 5.95. The standard InChI is InChI=1S/C15H24N2O2S2/c1-9-8-12(16)11(3)15(10(9)2)21(18,19)17-13-6-5-7-14(13)20-4/h8,13-14,17H,5-7,16H2,1-4H3. The average Bonchev–Trinajstić information content (AvgIpc) is 2.82. The van der Waals surface area contributed by atoms with Crippen LogP contribution in [0, 0.1) is 20.8 Å². The van der Waals surface area contributed by atoms with Crippen molar-refractivity contribution >= 4 is 27.5 Å². The fourth-order valence-electron chi connectivity index (χ4n) is 3.05. The zero-order chi connectivity index (χ0) is 15.8. The zero-order valence-electron chi connectivity index (χ0n) is 13.1. The third-order valence-corrected chi connectivity index (χ3v) is 7.34. The summed E-state index contributed by atoms with van der Waals surface area (Å²) >= 11 is 1.74. The van der Waals surface area contributed by atoms with Crippen molar-refractivity contribution in [3.05, 3.63) is 22.8 Å². The number of aryl methyl sites for hydroxylation is 1. The Morgan fingerprint density at radius 3 is 2.52 bits per heavy atom. The van der Waals surface area contributed by atoms with Crippen molar-refractivity contribution in [3.8, 4) is 0 Å². The molecule has 0 aromatic heterocycles. The summed E-state index contributed by atoms with van der Waals surface area (Å²) in [4.78, 5) is 0.353. The molecule has 1 aliphatic carbocycles. The highest BCUT2D eigenvalue weighted by atomic mass is 32.2. The summed E-state index contributed by atoms with van der Waals surface area (Å²) in [5.41, 5.74) is 8.82. The minimum atomic E-state index is -3.54. The van der Waals surface area contributed by atoms with Gasteiger partial charge in [-0.25, -0.2) is 13.1 Å². The molecule has 21 heavy (non-hydrogen) atoms. The van der Waals surface area contributed by atoms with Gasteiger partial charge in [-0.3, -0.25) is 0 Å². The molecule has 2 atom stereocenters. The SMILES string of the molecule is CSC1CCCC1NS(=O)(=O)c1c(C)c(C)cc(N)c1C. The minimum Gasteiger partial charge on any atom is -0.398 e. The van der Waals surface area contributed by atoms with Gasteiger partial charge < -0.3 is 5.73 Å². The lowest BCUT2D eigenvalue weighted by Crippen LogP contribution is -2.39. The van der Waals surface area contributed by atoms with Gasteiger partial charge in [-0.15, -0.1) is 0 Å². The average molecular weight is 329 g/mol. The molecule has 1 aliphatic rings. The van der Waals surface area contributed by atoms with Crippen LogP contribution in [0.1, 0.15) is 36.0 Å². The summed E-state index contributed by atoms with van der Waals surface area (Å²) in [5, 5.41) is 0.363. The number of hydrogen-bond donors (Lipinski definition) is 2. The molecule has 3 N–H and O–H groups in total. The Hall–Kier alpha value is -0.720. The molecule has 0 bridgehead atoms. The first kappa shape index (κ1) is 16.6. The molecular weight excluding hydrogens is 304 g/mol. The molecule has 1 fully saturated rings. The lowest BCUT2D eigenvalue weighted by atomic mass is 10.1. The molecule has 2 unspecified atom stereocenters. The molecule has 0 spiro atoms. The van der Waals surface area contributed by atoms with Crippen LogP contribution in [0.4, 0.5) is 5.69 Å². The van der Waals surface area contributed by atoms with Crippen molar-refractivity contribution in [1.29, 1.82) is 0 Å². The summed E-state index contributed by atoms with van der Waals surface area (Å²) in [5.74, 6) is 0. The molecular formula is C15H24N2O2S2. The molecule has 4 nitrogen and oxygen atoms in total. The first-order chi connectivity index (χ1) is 9.77. The molecule has 0 aliphatic heterocycles. The van der Waals surface area contributed by atoms with Gasteiger partial charge in [0.05, 0.1) is 4.90 Å². The van der Waals surface area contributed by atoms with Crippen LogP contribution in [0.2, 0.25) is 0 Å². The van der Waals surface area contributed by atoms with Gasteiger partial charge in [0.15, 0.2) is 0 Å². The normalized spacial score (nSPS) is 22.7. The van der Waals surface area contributed by atoms with Crippen LogP contribution in [0.3, 0.4) is 0 Å². The van der Waals surface area contributed by atoms with Gasteiger partial charge in [0, 0.05) is 17.0 Å². The smallest absolute Gasteiger partial charge is 0.241 e. The quantitative estimate of drug-likeness (QED) is 0.834. The highest BCUT2D eigenvalue weighted by Crippen LogP contribution is 2.32. The number of nitrogen functional groups attached to an aromatic ring is 1. The second-order valence-corrected chi connectivity index (χ2v) is 8.52. The Kier molecular flexibility index (Phi) is 4.90. The van der Waals surface area contributed by atoms with Crippen molar-refractivity contribution in [1.82, 2.24) is 4.72 Å². The van der Waals surface area contributed by atoms with Crippen molar-refractivity contribution in [3.63, 3.8) is 0 Å². The number of anilines is 1. The number of hydrogen-bond acceptors (Lipinski definition) is 4. The van der Waals surface area contributed by atoms with Gasteiger partial charge in [-0.05, 0) is 62.6 Å². The molecule has 0 saturated heterocycles. The fraction of sp³-hybridized carbons (Fsp3) is 0.600. The van der Waals surface area contributed by atoms with Gasteiger partial charge >= 0.3 is 0 Å². The summed E-state index contributed by atoms with van der Waals surface area (Å²) in [7, 11) is -3.54. The lowest BCUT2D eigenvalue weighted by molar-refractivity contribution is 0.554. The van der Waals surface area contributed by atoms with Crippen LogP contribution in [0.25, 0.3) is 0 Å². The first-order valence-corrected chi connectivity index (χ1v) is 9.96. The van der Waals surface area contributed by atoms with Gasteiger partial charge in [0.1, 0.15) is 0 Å². The summed E-state index contributed by atoms with van der Waals surface area (Å²) in [6.45, 7) is 5.51. The maximum atomic E-state index is 12.8. The molecule has 2 rings (SSSR count). The van der Waals surface area contributed by atoms with Gasteiger partial charge in [-0.2, -0.15) is 11.8 Å². The van der Waals surface area contributed by atoms with E-state index in [-0.39, 0.29) is 6.04 Å². The molecule has 1 saturated carbocycles. The molecule has 1 aromatic carbocycles. The van der Waals surface area contributed by atoms with E-state index in [4.69, 9.17) is 5.73 Å². The van der Waals surface area contributed by atoms with E-state index in [1.54, 1.807) is 18.7 Å². The highest BCUT2D eigenvalue weighted by molar-refractivity contribution is 7.99. The molecule has 118 valence electrons. The highest BCUT2D eigenvalue weighted by Gasteiger charge is 2.32. The molecule has 0 heterocycles. The van der Waals surface area contributed by atoms with E-state index in [1.165, 1.54) is 0 Å². The summed E-state index contributed by atoms with van der Waals surface area (Å²) in [6.07, 6.45) is 5.09. The zero-order valence-corrected chi connectivity index (χ0v) is 14.7. The Morgan fingerprint density at radius 1 is 1.24 bits per heavy atom. The van der Waals surface area contributed by atoms with Crippen LogP contribution in [0.5, 0.6) is 0 Å². The van der Waals surface area contributed by atoms with E-state index in [0.717, 1.165) is 30.4 Å². The summed E-state index contributed by atoms with van der Waals surface area (Å²) in [6, 6.07) is 1.86. The van der Waals surface area contributed by atoms with Crippen molar-refractivity contribution in [2.45, 2.75) is 56.2 Å². The topological polar surface area (TPSA) is 72.2 Å². The minimum absolute atomic E-state index is 0.0190. The van der Waals surface area contributed by atoms with E-state index in [0.29, 0.717) is 21.4 Å². The second-order valence-electron chi connectivity index (χ2n) is 5.79. The van der Waals surface area contributed by atoms with Crippen LogP contribution in [-0.4, -0.2) is 26.0 Å². The maximum absolute atomic E-state index is 12.8. The third-order valence-electron chi connectivity index (χ3n) is 4.41. The predicted octanol–water partition coefficient (Wildman–Crippen LogP) is 2.76. The van der Waals surface area contributed by atoms with E-state index >= 15 is 0 Å². The van der Waals surface area contributed by atoms with E-state index in [1.807, 2.05) is 26.2 Å². The van der Waals surface area contributed by atoms with Crippen LogP contribution in [-0.2, 0) is 10.0 Å². The number of rotatable bonds is 4. The van der Waals surface area contributed by atoms with Gasteiger partial charge in [0.2, 0.25) is 10.0 Å². The van der Waals surface area contributed by atoms with E-state index in [9.17, 15) is 8.42 Å². The molecule has 0 amide bonds. The second kappa shape index (κ2) is 6.18. The number of nitrogens with two attached hydrogens (primary N) is 1. The maximum Gasteiger partial charge on any atom is 0.241 e. The number of sulfonamides is 1. The summed E-state index contributed by atoms with van der Waals surface area (Å²) < 4.78 is 28.5. The third kappa shape index (κ3) is 3.22. The number of nitrogens with one attached hydrogen (secondary N) is 1. The molecule has 1 aromatic rings. The number of benzene rings is 1. The van der Waals surface area contributed by atoms with Gasteiger partial charge in [0.25, 0.3) is 0 Å².